The molecule has 0 aromatic carbocycles. The maximum absolute atomic E-state index is 12.6. The average Bonchev–Trinajstić information content (AvgIpc) is 3.33. The maximum Gasteiger partial charge on any atom is 0.228 e. The fourth-order valence-corrected chi connectivity index (χ4v) is 7.05. The van der Waals surface area contributed by atoms with E-state index < -0.39 is 0 Å². The number of nitrogens with zero attached hydrogens (tertiary/aromatic N) is 2. The van der Waals surface area contributed by atoms with Gasteiger partial charge in [-0.05, 0) is 88.0 Å². The molecule has 4 heteroatoms. The van der Waals surface area contributed by atoms with Gasteiger partial charge in [0.1, 0.15) is 0 Å². The number of amides is 1. The summed E-state index contributed by atoms with van der Waals surface area (Å²) in [6.45, 7) is 11.7. The number of hydrogen-bond donors (Lipinski definition) is 1. The topological polar surface area (TPSA) is 35.6 Å². The summed E-state index contributed by atoms with van der Waals surface area (Å²) in [4.78, 5) is 17.2. The summed E-state index contributed by atoms with van der Waals surface area (Å²) in [6, 6.07) is 0.826. The molecule has 3 saturated carbocycles. The van der Waals surface area contributed by atoms with Crippen LogP contribution < -0.4 is 5.32 Å². The monoisotopic (exact) mass is 399 g/mol. The number of nitrogens with one attached hydrogen (secondary N) is 1. The molecule has 3 aliphatic carbocycles. The van der Waals surface area contributed by atoms with E-state index >= 15 is 0 Å². The van der Waals surface area contributed by atoms with E-state index in [1.54, 1.807) is 0 Å². The third-order valence-electron chi connectivity index (χ3n) is 9.31. The van der Waals surface area contributed by atoms with Crippen molar-refractivity contribution in [1.29, 1.82) is 0 Å². The van der Waals surface area contributed by atoms with Gasteiger partial charge in [-0.1, -0.05) is 19.9 Å². The van der Waals surface area contributed by atoms with Gasteiger partial charge in [-0.15, -0.1) is 0 Å². The van der Waals surface area contributed by atoms with E-state index in [9.17, 15) is 4.79 Å². The first-order chi connectivity index (χ1) is 14.0. The van der Waals surface area contributed by atoms with Gasteiger partial charge in [0.05, 0.1) is 0 Å². The van der Waals surface area contributed by atoms with E-state index in [4.69, 9.17) is 0 Å². The van der Waals surface area contributed by atoms with Gasteiger partial charge in [0.2, 0.25) is 5.91 Å². The molecule has 2 saturated heterocycles. The minimum Gasteiger partial charge on any atom is -0.372 e. The van der Waals surface area contributed by atoms with Crippen LogP contribution in [-0.4, -0.2) is 54.5 Å². The fourth-order valence-electron chi connectivity index (χ4n) is 7.05. The molecule has 1 N–H and O–H groups in total. The number of rotatable bonds is 4. The van der Waals surface area contributed by atoms with Crippen molar-refractivity contribution in [2.75, 3.05) is 32.7 Å². The molecule has 3 atom stereocenters. The lowest BCUT2D eigenvalue weighted by atomic mass is 9.66. The van der Waals surface area contributed by atoms with Crippen LogP contribution in [0, 0.1) is 29.1 Å². The molecule has 5 rings (SSSR count). The summed E-state index contributed by atoms with van der Waals surface area (Å²) in [6.07, 6.45) is 13.4. The molecule has 0 aromatic rings. The van der Waals surface area contributed by atoms with Crippen molar-refractivity contribution in [3.05, 3.63) is 12.3 Å². The Balaban J connectivity index is 1.10. The molecule has 162 valence electrons. The Kier molecular flexibility index (Phi) is 5.43. The molecule has 3 unspecified atom stereocenters. The van der Waals surface area contributed by atoms with Crippen molar-refractivity contribution in [2.24, 2.45) is 29.1 Å². The van der Waals surface area contributed by atoms with Crippen LogP contribution in [-0.2, 0) is 4.79 Å². The Morgan fingerprint density at radius 1 is 0.897 bits per heavy atom. The summed E-state index contributed by atoms with van der Waals surface area (Å²) in [7, 11) is 0. The highest BCUT2D eigenvalue weighted by Gasteiger charge is 2.47. The second kappa shape index (κ2) is 7.90. The highest BCUT2D eigenvalue weighted by atomic mass is 16.2. The molecule has 0 spiro atoms. The molecule has 29 heavy (non-hydrogen) atoms. The molecule has 5 fully saturated rings. The van der Waals surface area contributed by atoms with Crippen molar-refractivity contribution in [3.8, 4) is 0 Å². The highest BCUT2D eigenvalue weighted by Crippen LogP contribution is 2.47. The van der Waals surface area contributed by atoms with Crippen LogP contribution in [0.4, 0.5) is 0 Å². The van der Waals surface area contributed by atoms with Crippen molar-refractivity contribution >= 4 is 5.91 Å². The smallest absolute Gasteiger partial charge is 0.228 e. The fraction of sp³-hybridized carbons (Fsp3) is 0.880. The largest absolute Gasteiger partial charge is 0.372 e. The van der Waals surface area contributed by atoms with Crippen LogP contribution in [0.25, 0.3) is 0 Å². The quantitative estimate of drug-likeness (QED) is 0.775. The van der Waals surface area contributed by atoms with Gasteiger partial charge in [0, 0.05) is 43.3 Å². The van der Waals surface area contributed by atoms with E-state index in [1.165, 1.54) is 63.6 Å². The van der Waals surface area contributed by atoms with E-state index in [0.717, 1.165) is 62.8 Å². The summed E-state index contributed by atoms with van der Waals surface area (Å²) in [5, 5.41) is 3.86. The van der Waals surface area contributed by atoms with Crippen molar-refractivity contribution < 1.29 is 4.79 Å². The zero-order chi connectivity index (χ0) is 20.0. The number of carbonyl (C=O) groups is 1. The maximum atomic E-state index is 12.6. The average molecular weight is 400 g/mol. The molecule has 5 aliphatic rings. The zero-order valence-corrected chi connectivity index (χ0v) is 18.5. The van der Waals surface area contributed by atoms with Gasteiger partial charge < -0.3 is 15.1 Å². The van der Waals surface area contributed by atoms with E-state index in [2.05, 4.69) is 28.6 Å². The second-order valence-electron chi connectivity index (χ2n) is 11.1. The van der Waals surface area contributed by atoms with Gasteiger partial charge >= 0.3 is 0 Å². The van der Waals surface area contributed by atoms with Crippen molar-refractivity contribution in [3.63, 3.8) is 0 Å². The highest BCUT2D eigenvalue weighted by molar-refractivity contribution is 5.85. The Morgan fingerprint density at radius 3 is 2.28 bits per heavy atom. The minimum atomic E-state index is -0.0239. The molecule has 2 heterocycles. The van der Waals surface area contributed by atoms with Gasteiger partial charge in [0.15, 0.2) is 0 Å². The number of piperazine rings is 1. The molecule has 0 bridgehead atoms. The lowest BCUT2D eigenvalue weighted by Crippen LogP contribution is -2.50. The lowest BCUT2D eigenvalue weighted by molar-refractivity contribution is -0.138. The Labute approximate surface area is 177 Å². The molecule has 0 radical (unpaired) electrons. The zero-order valence-electron chi connectivity index (χ0n) is 18.5. The van der Waals surface area contributed by atoms with Crippen LogP contribution in [0.2, 0.25) is 0 Å². The molecule has 1 amide bonds. The Morgan fingerprint density at radius 2 is 1.59 bits per heavy atom. The Hall–Kier alpha value is -1.03. The first-order valence-corrected chi connectivity index (χ1v) is 12.5. The van der Waals surface area contributed by atoms with Crippen molar-refractivity contribution in [1.82, 2.24) is 15.1 Å². The predicted molar refractivity (Wildman–Crippen MR) is 117 cm³/mol. The third kappa shape index (κ3) is 3.86. The van der Waals surface area contributed by atoms with Gasteiger partial charge in [-0.2, -0.15) is 0 Å². The summed E-state index contributed by atoms with van der Waals surface area (Å²) < 4.78 is 0. The van der Waals surface area contributed by atoms with Gasteiger partial charge in [-0.3, -0.25) is 4.79 Å². The molecule has 2 aliphatic heterocycles. The van der Waals surface area contributed by atoms with Gasteiger partial charge in [0.25, 0.3) is 0 Å². The van der Waals surface area contributed by atoms with E-state index in [-0.39, 0.29) is 5.41 Å². The number of carbonyl (C=O) groups excluding carboxylic acids is 1. The first kappa shape index (κ1) is 19.9. The predicted octanol–water partition coefficient (Wildman–Crippen LogP) is 4.03. The SMILES string of the molecule is C=C(C1CCC(C2CCCC3CCNC32)CC1)N1CCN(C(=O)C2(C)CC2)CC1. The molecule has 4 nitrogen and oxygen atoms in total. The molecular weight excluding hydrogens is 358 g/mol. The van der Waals surface area contributed by atoms with E-state index in [1.807, 2.05) is 0 Å². The number of hydrogen-bond acceptors (Lipinski definition) is 3. The van der Waals surface area contributed by atoms with Crippen LogP contribution in [0.15, 0.2) is 12.3 Å². The summed E-state index contributed by atoms with van der Waals surface area (Å²) in [5.41, 5.74) is 1.35. The molecule has 0 aromatic heterocycles. The van der Waals surface area contributed by atoms with Crippen LogP contribution in [0.5, 0.6) is 0 Å². The van der Waals surface area contributed by atoms with E-state index in [0.29, 0.717) is 11.8 Å². The first-order valence-electron chi connectivity index (χ1n) is 12.5. The Bertz CT molecular complexity index is 626. The second-order valence-corrected chi connectivity index (χ2v) is 11.1. The lowest BCUT2D eigenvalue weighted by Gasteiger charge is -2.44. The summed E-state index contributed by atoms with van der Waals surface area (Å²) >= 11 is 0. The van der Waals surface area contributed by atoms with Gasteiger partial charge in [-0.25, -0.2) is 0 Å². The van der Waals surface area contributed by atoms with Crippen LogP contribution in [0.3, 0.4) is 0 Å². The van der Waals surface area contributed by atoms with Crippen LogP contribution >= 0.6 is 0 Å². The summed E-state index contributed by atoms with van der Waals surface area (Å²) in [5.74, 6) is 3.91. The minimum absolute atomic E-state index is 0.0239. The third-order valence-corrected chi connectivity index (χ3v) is 9.31. The number of allylic oxidation sites excluding steroid dienone is 1. The molecular formula is C25H41N3O. The normalized spacial score (nSPS) is 39.1. The number of fused-ring (bicyclic) bond motifs is 1. The van der Waals surface area contributed by atoms with Crippen molar-refractivity contribution in [2.45, 2.75) is 77.2 Å². The van der Waals surface area contributed by atoms with Crippen LogP contribution in [0.1, 0.15) is 71.1 Å². The standard InChI is InChI=1S/C25H41N3O/c1-18(27-14-16-28(17-15-27)24(29)25(2)11-12-25)19-6-8-20(9-7-19)22-5-3-4-21-10-13-26-23(21)22/h19-23,26H,1,3-17H2,2H3.